The maximum Gasteiger partial charge on any atom is 0.241 e. The topological polar surface area (TPSA) is 67.4 Å². The fourth-order valence-corrected chi connectivity index (χ4v) is 5.43. The first kappa shape index (κ1) is 26.8. The number of rotatable bonds is 12. The molecule has 2 N–H and O–H groups in total. The van der Waals surface area contributed by atoms with Gasteiger partial charge >= 0.3 is 0 Å². The Labute approximate surface area is 220 Å². The molecule has 0 radical (unpaired) electrons. The van der Waals surface area contributed by atoms with E-state index in [1.807, 2.05) is 79.7 Å². The summed E-state index contributed by atoms with van der Waals surface area (Å²) in [6.07, 6.45) is 0. The van der Waals surface area contributed by atoms with Gasteiger partial charge in [-0.1, -0.05) is 108 Å². The number of aryl methyl sites for hydroxylation is 2. The predicted octanol–water partition coefficient (Wildman–Crippen LogP) is 5.87. The summed E-state index contributed by atoms with van der Waals surface area (Å²) in [6, 6.07) is 34.0. The Balaban J connectivity index is 1.55. The van der Waals surface area contributed by atoms with Gasteiger partial charge < -0.3 is 10.1 Å². The second kappa shape index (κ2) is 12.8. The summed E-state index contributed by atoms with van der Waals surface area (Å²) in [6.45, 7) is 5.58. The second-order valence-electron chi connectivity index (χ2n) is 9.20. The van der Waals surface area contributed by atoms with Crippen LogP contribution in [0.5, 0.6) is 0 Å². The Kier molecular flexibility index (Phi) is 9.25. The van der Waals surface area contributed by atoms with Crippen molar-refractivity contribution in [3.8, 4) is 0 Å². The van der Waals surface area contributed by atoms with Gasteiger partial charge in [-0.3, -0.25) is 0 Å². The van der Waals surface area contributed by atoms with Gasteiger partial charge in [-0.05, 0) is 42.7 Å². The van der Waals surface area contributed by atoms with Crippen molar-refractivity contribution in [1.82, 2.24) is 10.0 Å². The fraction of sp³-hybridized carbons (Fsp3) is 0.226. The van der Waals surface area contributed by atoms with Crippen LogP contribution in [0.15, 0.2) is 114 Å². The van der Waals surface area contributed by atoms with E-state index < -0.39 is 16.1 Å². The van der Waals surface area contributed by atoms with Gasteiger partial charge in [0.05, 0.1) is 30.2 Å². The molecule has 0 aliphatic carbocycles. The van der Waals surface area contributed by atoms with Crippen molar-refractivity contribution in [2.45, 2.75) is 37.4 Å². The maximum absolute atomic E-state index is 13.5. The zero-order chi connectivity index (χ0) is 26.1. The molecule has 0 heterocycles. The van der Waals surface area contributed by atoms with Crippen LogP contribution in [0.1, 0.15) is 39.9 Å². The molecule has 5 nitrogen and oxygen atoms in total. The average Bonchev–Trinajstić information content (AvgIpc) is 2.92. The highest BCUT2D eigenvalue weighted by Gasteiger charge is 2.29. The van der Waals surface area contributed by atoms with Crippen LogP contribution in [-0.2, 0) is 21.4 Å². The van der Waals surface area contributed by atoms with Crippen LogP contribution in [0.25, 0.3) is 0 Å². The van der Waals surface area contributed by atoms with Crippen LogP contribution in [-0.4, -0.2) is 21.6 Å². The summed E-state index contributed by atoms with van der Waals surface area (Å²) >= 11 is 0. The number of hydrogen-bond acceptors (Lipinski definition) is 4. The third-order valence-corrected chi connectivity index (χ3v) is 7.72. The van der Waals surface area contributed by atoms with Gasteiger partial charge in [-0.25, -0.2) is 13.1 Å². The third kappa shape index (κ3) is 7.60. The van der Waals surface area contributed by atoms with Gasteiger partial charge in [-0.15, -0.1) is 0 Å². The van der Waals surface area contributed by atoms with Gasteiger partial charge in [-0.2, -0.15) is 0 Å². The van der Waals surface area contributed by atoms with Gasteiger partial charge in [0.15, 0.2) is 0 Å². The molecule has 0 aromatic heterocycles. The molecule has 6 heteroatoms. The van der Waals surface area contributed by atoms with Gasteiger partial charge in [0.25, 0.3) is 0 Å². The average molecular weight is 515 g/mol. The number of benzene rings is 4. The highest BCUT2D eigenvalue weighted by atomic mass is 32.2. The minimum atomic E-state index is -3.77. The van der Waals surface area contributed by atoms with Crippen molar-refractivity contribution in [2.24, 2.45) is 0 Å². The molecular weight excluding hydrogens is 480 g/mol. The summed E-state index contributed by atoms with van der Waals surface area (Å²) in [5.74, 6) is 0. The summed E-state index contributed by atoms with van der Waals surface area (Å²) in [5.41, 5.74) is 5.21. The molecular formula is C31H34N2O3S. The van der Waals surface area contributed by atoms with Crippen LogP contribution < -0.4 is 10.0 Å². The van der Waals surface area contributed by atoms with E-state index in [4.69, 9.17) is 4.74 Å². The summed E-state index contributed by atoms with van der Waals surface area (Å²) in [5, 5.41) is 3.56. The molecule has 0 spiro atoms. The monoisotopic (exact) mass is 514 g/mol. The van der Waals surface area contributed by atoms with Crippen molar-refractivity contribution in [3.63, 3.8) is 0 Å². The molecule has 4 aromatic carbocycles. The van der Waals surface area contributed by atoms with Crippen LogP contribution >= 0.6 is 0 Å². The highest BCUT2D eigenvalue weighted by molar-refractivity contribution is 7.89. The largest absolute Gasteiger partial charge is 0.375 e. The van der Waals surface area contributed by atoms with Crippen molar-refractivity contribution < 1.29 is 13.2 Å². The van der Waals surface area contributed by atoms with Crippen LogP contribution in [0, 0.1) is 13.8 Å². The number of nitrogens with one attached hydrogen (secondary N) is 2. The minimum Gasteiger partial charge on any atom is -0.375 e. The van der Waals surface area contributed by atoms with Gasteiger partial charge in [0.2, 0.25) is 10.0 Å². The van der Waals surface area contributed by atoms with E-state index in [0.717, 1.165) is 22.3 Å². The molecule has 0 aliphatic rings. The standard InChI is InChI=1S/C31H34N2O3S/c1-24-13-17-26(18-14-24)23-36-22-21-32-30(27-9-5-3-6-10-27)31(28-11-7-4-8-12-28)33-37(34,35)29-19-15-25(2)16-20-29/h3-20,30-33H,21-23H2,1-2H3. The number of ether oxygens (including phenoxy) is 1. The number of sulfonamides is 1. The zero-order valence-corrected chi connectivity index (χ0v) is 22.1. The molecule has 0 aliphatic heterocycles. The molecule has 0 saturated heterocycles. The molecule has 4 aromatic rings. The van der Waals surface area contributed by atoms with Crippen LogP contribution in [0.2, 0.25) is 0 Å². The molecule has 4 rings (SSSR count). The van der Waals surface area contributed by atoms with E-state index in [-0.39, 0.29) is 10.9 Å². The molecule has 2 atom stereocenters. The third-order valence-electron chi connectivity index (χ3n) is 6.26. The highest BCUT2D eigenvalue weighted by Crippen LogP contribution is 2.30. The molecule has 0 fully saturated rings. The van der Waals surface area contributed by atoms with Gasteiger partial charge in [0, 0.05) is 6.54 Å². The van der Waals surface area contributed by atoms with Crippen molar-refractivity contribution >= 4 is 10.0 Å². The second-order valence-corrected chi connectivity index (χ2v) is 10.9. The Bertz CT molecular complexity index is 1340. The molecule has 37 heavy (non-hydrogen) atoms. The van der Waals surface area contributed by atoms with E-state index in [1.165, 1.54) is 5.56 Å². The summed E-state index contributed by atoms with van der Waals surface area (Å²) < 4.78 is 35.8. The first-order valence-corrected chi connectivity index (χ1v) is 14.0. The molecule has 0 bridgehead atoms. The number of hydrogen-bond donors (Lipinski definition) is 2. The van der Waals surface area contributed by atoms with E-state index >= 15 is 0 Å². The van der Waals surface area contributed by atoms with E-state index in [1.54, 1.807) is 12.1 Å². The first-order chi connectivity index (χ1) is 17.9. The first-order valence-electron chi connectivity index (χ1n) is 12.5. The SMILES string of the molecule is Cc1ccc(COCCNC(c2ccccc2)C(NS(=O)(=O)c2ccc(C)cc2)c2ccccc2)cc1. The van der Waals surface area contributed by atoms with E-state index in [9.17, 15) is 8.42 Å². The molecule has 0 saturated carbocycles. The Morgan fingerprint density at radius 1 is 0.676 bits per heavy atom. The maximum atomic E-state index is 13.5. The van der Waals surface area contributed by atoms with Crippen molar-refractivity contribution in [1.29, 1.82) is 0 Å². The van der Waals surface area contributed by atoms with E-state index in [2.05, 4.69) is 41.2 Å². The predicted molar refractivity (Wildman–Crippen MR) is 149 cm³/mol. The van der Waals surface area contributed by atoms with Crippen LogP contribution in [0.3, 0.4) is 0 Å². The fourth-order valence-electron chi connectivity index (χ4n) is 4.19. The Morgan fingerprint density at radius 3 is 1.76 bits per heavy atom. The van der Waals surface area contributed by atoms with Gasteiger partial charge in [0.1, 0.15) is 0 Å². The molecule has 0 amide bonds. The lowest BCUT2D eigenvalue weighted by atomic mass is 9.94. The molecule has 2 unspecified atom stereocenters. The molecule has 192 valence electrons. The Hall–Kier alpha value is -3.29. The zero-order valence-electron chi connectivity index (χ0n) is 21.3. The smallest absolute Gasteiger partial charge is 0.241 e. The van der Waals surface area contributed by atoms with Crippen LogP contribution in [0.4, 0.5) is 0 Å². The quantitative estimate of drug-likeness (QED) is 0.232. The minimum absolute atomic E-state index is 0.243. The lowest BCUT2D eigenvalue weighted by molar-refractivity contribution is 0.119. The lowest BCUT2D eigenvalue weighted by Crippen LogP contribution is -2.39. The summed E-state index contributed by atoms with van der Waals surface area (Å²) in [4.78, 5) is 0.243. The lowest BCUT2D eigenvalue weighted by Gasteiger charge is -2.30. The van der Waals surface area contributed by atoms with E-state index in [0.29, 0.717) is 19.8 Å². The van der Waals surface area contributed by atoms with Crippen molar-refractivity contribution in [2.75, 3.05) is 13.2 Å². The van der Waals surface area contributed by atoms with Crippen molar-refractivity contribution in [3.05, 3.63) is 137 Å². The summed E-state index contributed by atoms with van der Waals surface area (Å²) in [7, 11) is -3.77. The Morgan fingerprint density at radius 2 is 1.19 bits per heavy atom. The normalized spacial score (nSPS) is 13.2.